The van der Waals surface area contributed by atoms with Crippen LogP contribution in [0.5, 0.6) is 5.75 Å². The van der Waals surface area contributed by atoms with E-state index in [1.807, 2.05) is 12.1 Å². The molecule has 0 aliphatic heterocycles. The van der Waals surface area contributed by atoms with Crippen molar-refractivity contribution in [2.24, 2.45) is 5.73 Å². The quantitative estimate of drug-likeness (QED) is 0.865. The van der Waals surface area contributed by atoms with Crippen LogP contribution < -0.4 is 10.5 Å². The predicted octanol–water partition coefficient (Wildman–Crippen LogP) is 4.90. The number of methoxy groups -OCH3 is 1. The van der Waals surface area contributed by atoms with E-state index in [0.29, 0.717) is 21.5 Å². The molecule has 2 rings (SSSR count). The zero-order valence-corrected chi connectivity index (χ0v) is 13.1. The second-order valence-corrected chi connectivity index (χ2v) is 5.65. The van der Waals surface area contributed by atoms with Crippen molar-refractivity contribution in [2.75, 3.05) is 7.11 Å². The van der Waals surface area contributed by atoms with E-state index in [1.54, 1.807) is 31.4 Å². The van der Waals surface area contributed by atoms with Crippen LogP contribution in [0.4, 0.5) is 0 Å². The maximum absolute atomic E-state index is 6.23. The van der Waals surface area contributed by atoms with Crippen LogP contribution in [0, 0.1) is 0 Å². The SMILES string of the molecule is COc1ccc(Cl)cc1CC(N)c1c(Cl)cccc1Cl. The minimum atomic E-state index is -0.330. The molecule has 2 N–H and O–H groups in total. The van der Waals surface area contributed by atoms with Gasteiger partial charge in [-0.1, -0.05) is 40.9 Å². The molecule has 20 heavy (non-hydrogen) atoms. The Morgan fingerprint density at radius 2 is 1.75 bits per heavy atom. The van der Waals surface area contributed by atoms with Crippen LogP contribution in [-0.4, -0.2) is 7.11 Å². The average Bonchev–Trinajstić information content (AvgIpc) is 2.38. The number of hydrogen-bond acceptors (Lipinski definition) is 2. The van der Waals surface area contributed by atoms with Gasteiger partial charge in [-0.3, -0.25) is 0 Å². The van der Waals surface area contributed by atoms with E-state index in [1.165, 1.54) is 0 Å². The van der Waals surface area contributed by atoms with Gasteiger partial charge in [0.25, 0.3) is 0 Å². The van der Waals surface area contributed by atoms with Crippen molar-refractivity contribution in [1.82, 2.24) is 0 Å². The Morgan fingerprint density at radius 1 is 1.10 bits per heavy atom. The molecule has 2 nitrogen and oxygen atoms in total. The van der Waals surface area contributed by atoms with E-state index in [2.05, 4.69) is 0 Å². The fourth-order valence-corrected chi connectivity index (χ4v) is 2.98. The summed E-state index contributed by atoms with van der Waals surface area (Å²) in [6.45, 7) is 0. The van der Waals surface area contributed by atoms with Crippen LogP contribution in [0.3, 0.4) is 0 Å². The van der Waals surface area contributed by atoms with Gasteiger partial charge in [0.1, 0.15) is 5.75 Å². The van der Waals surface area contributed by atoms with Crippen LogP contribution in [-0.2, 0) is 6.42 Å². The van der Waals surface area contributed by atoms with Gasteiger partial charge in [-0.2, -0.15) is 0 Å². The summed E-state index contributed by atoms with van der Waals surface area (Å²) in [6, 6.07) is 10.4. The molecule has 106 valence electrons. The molecular weight excluding hydrogens is 317 g/mol. The van der Waals surface area contributed by atoms with Crippen molar-refractivity contribution in [1.29, 1.82) is 0 Å². The van der Waals surface area contributed by atoms with Crippen molar-refractivity contribution in [3.05, 3.63) is 62.6 Å². The standard InChI is InChI=1S/C15H14Cl3NO/c1-20-14-6-5-10(16)7-9(14)8-13(19)15-11(17)3-2-4-12(15)18/h2-7,13H,8,19H2,1H3. The highest BCUT2D eigenvalue weighted by atomic mass is 35.5. The van der Waals surface area contributed by atoms with Gasteiger partial charge in [0, 0.05) is 26.7 Å². The first kappa shape index (κ1) is 15.5. The van der Waals surface area contributed by atoms with Gasteiger partial charge in [-0.25, -0.2) is 0 Å². The highest BCUT2D eigenvalue weighted by molar-refractivity contribution is 6.36. The summed E-state index contributed by atoms with van der Waals surface area (Å²) in [7, 11) is 1.61. The van der Waals surface area contributed by atoms with Gasteiger partial charge in [0.05, 0.1) is 7.11 Å². The van der Waals surface area contributed by atoms with Crippen molar-refractivity contribution in [2.45, 2.75) is 12.5 Å². The van der Waals surface area contributed by atoms with Crippen LogP contribution in [0.25, 0.3) is 0 Å². The van der Waals surface area contributed by atoms with E-state index >= 15 is 0 Å². The molecular formula is C15H14Cl3NO. The van der Waals surface area contributed by atoms with Crippen molar-refractivity contribution in [3.8, 4) is 5.75 Å². The van der Waals surface area contributed by atoms with Gasteiger partial charge in [-0.15, -0.1) is 0 Å². The zero-order valence-electron chi connectivity index (χ0n) is 10.9. The maximum Gasteiger partial charge on any atom is 0.122 e. The number of rotatable bonds is 4. The van der Waals surface area contributed by atoms with Gasteiger partial charge in [-0.05, 0) is 42.3 Å². The molecule has 1 atom stereocenters. The largest absolute Gasteiger partial charge is 0.496 e. The number of hydrogen-bond donors (Lipinski definition) is 1. The van der Waals surface area contributed by atoms with E-state index in [-0.39, 0.29) is 6.04 Å². The molecule has 0 heterocycles. The lowest BCUT2D eigenvalue weighted by molar-refractivity contribution is 0.408. The van der Waals surface area contributed by atoms with Gasteiger partial charge in [0.15, 0.2) is 0 Å². The van der Waals surface area contributed by atoms with Gasteiger partial charge < -0.3 is 10.5 Å². The fraction of sp³-hybridized carbons (Fsp3) is 0.200. The first-order chi connectivity index (χ1) is 9.52. The monoisotopic (exact) mass is 329 g/mol. The number of ether oxygens (including phenoxy) is 1. The summed E-state index contributed by atoms with van der Waals surface area (Å²) >= 11 is 18.4. The third kappa shape index (κ3) is 3.39. The second kappa shape index (κ2) is 6.68. The predicted molar refractivity (Wildman–Crippen MR) is 85.1 cm³/mol. The minimum absolute atomic E-state index is 0.330. The van der Waals surface area contributed by atoms with Crippen molar-refractivity contribution in [3.63, 3.8) is 0 Å². The zero-order chi connectivity index (χ0) is 14.7. The lowest BCUT2D eigenvalue weighted by Crippen LogP contribution is -2.15. The molecule has 0 aliphatic rings. The second-order valence-electron chi connectivity index (χ2n) is 4.40. The summed E-state index contributed by atoms with van der Waals surface area (Å²) in [6.07, 6.45) is 0.535. The van der Waals surface area contributed by atoms with Crippen LogP contribution in [0.15, 0.2) is 36.4 Å². The van der Waals surface area contributed by atoms with Gasteiger partial charge >= 0.3 is 0 Å². The molecule has 5 heteroatoms. The Labute approximate surface area is 133 Å². The smallest absolute Gasteiger partial charge is 0.122 e. The summed E-state index contributed by atoms with van der Waals surface area (Å²) in [4.78, 5) is 0. The molecule has 0 fully saturated rings. The lowest BCUT2D eigenvalue weighted by atomic mass is 9.99. The number of benzene rings is 2. The number of nitrogens with two attached hydrogens (primary N) is 1. The summed E-state index contributed by atoms with van der Waals surface area (Å²) in [5.41, 5.74) is 7.89. The first-order valence-electron chi connectivity index (χ1n) is 6.05. The average molecular weight is 331 g/mol. The summed E-state index contributed by atoms with van der Waals surface area (Å²) < 4.78 is 5.32. The molecule has 0 aromatic heterocycles. The Morgan fingerprint density at radius 3 is 2.35 bits per heavy atom. The lowest BCUT2D eigenvalue weighted by Gasteiger charge is -2.17. The maximum atomic E-state index is 6.23. The van der Waals surface area contributed by atoms with E-state index in [0.717, 1.165) is 16.9 Å². The van der Waals surface area contributed by atoms with Crippen LogP contribution in [0.2, 0.25) is 15.1 Å². The molecule has 0 aliphatic carbocycles. The Balaban J connectivity index is 2.32. The molecule has 2 aromatic rings. The van der Waals surface area contributed by atoms with E-state index < -0.39 is 0 Å². The van der Waals surface area contributed by atoms with Crippen molar-refractivity contribution < 1.29 is 4.74 Å². The van der Waals surface area contributed by atoms with E-state index in [4.69, 9.17) is 45.3 Å². The molecule has 0 saturated heterocycles. The Kier molecular flexibility index (Phi) is 5.17. The molecule has 1 unspecified atom stereocenters. The molecule has 0 bridgehead atoms. The third-order valence-electron chi connectivity index (χ3n) is 3.05. The third-order valence-corrected chi connectivity index (χ3v) is 3.95. The van der Waals surface area contributed by atoms with Crippen LogP contribution in [0.1, 0.15) is 17.2 Å². The molecule has 0 saturated carbocycles. The summed E-state index contributed by atoms with van der Waals surface area (Å²) in [5.74, 6) is 0.744. The first-order valence-corrected chi connectivity index (χ1v) is 7.18. The molecule has 0 spiro atoms. The minimum Gasteiger partial charge on any atom is -0.496 e. The van der Waals surface area contributed by atoms with Crippen LogP contribution >= 0.6 is 34.8 Å². The fourth-order valence-electron chi connectivity index (χ4n) is 2.11. The summed E-state index contributed by atoms with van der Waals surface area (Å²) in [5, 5.41) is 1.76. The highest BCUT2D eigenvalue weighted by Gasteiger charge is 2.16. The molecule has 0 radical (unpaired) electrons. The Bertz CT molecular complexity index is 596. The topological polar surface area (TPSA) is 35.2 Å². The molecule has 2 aromatic carbocycles. The van der Waals surface area contributed by atoms with Crippen molar-refractivity contribution >= 4 is 34.8 Å². The number of halogens is 3. The normalized spacial score (nSPS) is 12.2. The Hall–Kier alpha value is -0.930. The van der Waals surface area contributed by atoms with E-state index in [9.17, 15) is 0 Å². The molecule has 0 amide bonds. The highest BCUT2D eigenvalue weighted by Crippen LogP contribution is 2.33. The van der Waals surface area contributed by atoms with Gasteiger partial charge in [0.2, 0.25) is 0 Å².